The highest BCUT2D eigenvalue weighted by Crippen LogP contribution is 2.29. The van der Waals surface area contributed by atoms with Crippen LogP contribution < -0.4 is 0 Å². The lowest BCUT2D eigenvalue weighted by Crippen LogP contribution is -2.08. The van der Waals surface area contributed by atoms with Gasteiger partial charge < -0.3 is 9.47 Å². The van der Waals surface area contributed by atoms with E-state index in [-0.39, 0.29) is 4.90 Å². The first kappa shape index (κ1) is 33.6. The second kappa shape index (κ2) is 17.3. The number of benzene rings is 3. The number of esters is 2. The molecule has 0 aliphatic carbocycles. The Balaban J connectivity index is 1.81. The fourth-order valence-electron chi connectivity index (χ4n) is 4.35. The number of sulfonamides is 1. The van der Waals surface area contributed by atoms with Crippen LogP contribution in [0.15, 0.2) is 87.3 Å². The van der Waals surface area contributed by atoms with Crippen molar-refractivity contribution in [1.29, 1.82) is 0 Å². The number of nitrogens with zero attached hydrogens (tertiary/aromatic N) is 2. The van der Waals surface area contributed by atoms with Gasteiger partial charge in [-0.25, -0.2) is 9.59 Å². The third-order valence-corrected chi connectivity index (χ3v) is 8.15. The molecule has 3 aromatic carbocycles. The Morgan fingerprint density at radius 3 is 1.51 bits per heavy atom. The van der Waals surface area contributed by atoms with E-state index >= 15 is 0 Å². The molecule has 43 heavy (non-hydrogen) atoms. The van der Waals surface area contributed by atoms with Gasteiger partial charge in [0, 0.05) is 0 Å². The largest absolute Gasteiger partial charge is 0.462 e. The molecule has 8 nitrogen and oxygen atoms in total. The van der Waals surface area contributed by atoms with Crippen molar-refractivity contribution in [2.75, 3.05) is 13.2 Å². The molecule has 3 aromatic rings. The molecule has 0 saturated carbocycles. The number of aryl methyl sites for hydroxylation is 1. The third kappa shape index (κ3) is 10.7. The fraction of sp³-hybridized carbons (Fsp3) is 0.412. The molecule has 0 radical (unpaired) electrons. The zero-order valence-corrected chi connectivity index (χ0v) is 26.1. The first-order chi connectivity index (χ1) is 20.7. The Kier molecular flexibility index (Phi) is 13.5. The highest BCUT2D eigenvalue weighted by Gasteiger charge is 2.19. The molecule has 0 bridgehead atoms. The normalized spacial score (nSPS) is 11.6. The van der Waals surface area contributed by atoms with Crippen LogP contribution in [-0.2, 0) is 19.5 Å². The van der Waals surface area contributed by atoms with Crippen molar-refractivity contribution in [2.24, 2.45) is 9.63 Å². The number of hydrogen-bond acceptors (Lipinski definition) is 7. The number of hydrogen-bond donors (Lipinski definition) is 0. The lowest BCUT2D eigenvalue weighted by molar-refractivity contribution is 0.0488. The Labute approximate surface area is 255 Å². The molecule has 0 saturated heterocycles. The molecular formula is C34H42N2O6S. The average Bonchev–Trinajstić information content (AvgIpc) is 3.01. The Morgan fingerprint density at radius 1 is 0.651 bits per heavy atom. The van der Waals surface area contributed by atoms with Gasteiger partial charge in [0.2, 0.25) is 0 Å². The zero-order chi connectivity index (χ0) is 31.1. The van der Waals surface area contributed by atoms with Crippen LogP contribution in [0.1, 0.15) is 109 Å². The predicted molar refractivity (Wildman–Crippen MR) is 167 cm³/mol. The minimum absolute atomic E-state index is 0.0367. The summed E-state index contributed by atoms with van der Waals surface area (Å²) < 4.78 is 40.4. The van der Waals surface area contributed by atoms with Gasteiger partial charge >= 0.3 is 11.9 Å². The first-order valence-electron chi connectivity index (χ1n) is 15.0. The Hall–Kier alpha value is -3.85. The maximum absolute atomic E-state index is 12.9. The standard InChI is InChI=1S/C34H42N2O6S/c1-4-6-8-10-24-41-33(37)29-18-14-27(15-19-29)32(35-36-43(39,40)31-22-12-26(3)13-23-31)28-16-20-30(21-17-28)34(38)42-25-11-9-7-5-2/h12-23,32H,4-11,24-25H2,1-3H3. The van der Waals surface area contributed by atoms with Gasteiger partial charge in [0.05, 0.1) is 29.2 Å². The number of unbranched alkanes of at least 4 members (excludes halogenated alkanes) is 6. The summed E-state index contributed by atoms with van der Waals surface area (Å²) >= 11 is 0. The summed E-state index contributed by atoms with van der Waals surface area (Å²) in [6.07, 6.45) is 8.06. The summed E-state index contributed by atoms with van der Waals surface area (Å²) in [5.74, 6) is -0.832. The van der Waals surface area contributed by atoms with Crippen molar-refractivity contribution in [3.05, 3.63) is 101 Å². The number of ether oxygens (including phenoxy) is 2. The summed E-state index contributed by atoms with van der Waals surface area (Å²) in [6.45, 7) is 6.84. The molecule has 0 aromatic heterocycles. The quantitative estimate of drug-likeness (QED) is 0.0866. The number of carbonyl (C=O) groups is 2. The van der Waals surface area contributed by atoms with E-state index in [4.69, 9.17) is 9.47 Å². The molecule has 0 heterocycles. The maximum atomic E-state index is 12.9. The molecule has 0 aliphatic heterocycles. The molecule has 0 spiro atoms. The van der Waals surface area contributed by atoms with Crippen LogP contribution in [0.4, 0.5) is 0 Å². The zero-order valence-electron chi connectivity index (χ0n) is 25.3. The average molecular weight is 607 g/mol. The summed E-state index contributed by atoms with van der Waals surface area (Å²) in [7, 11) is -4.06. The summed E-state index contributed by atoms with van der Waals surface area (Å²) in [5.41, 5.74) is 2.94. The van der Waals surface area contributed by atoms with E-state index in [9.17, 15) is 18.0 Å². The molecule has 0 amide bonds. The van der Waals surface area contributed by atoms with Gasteiger partial charge in [0.15, 0.2) is 0 Å². The van der Waals surface area contributed by atoms with Crippen LogP contribution in [0.2, 0.25) is 0 Å². The second-order valence-corrected chi connectivity index (χ2v) is 12.1. The van der Waals surface area contributed by atoms with Gasteiger partial charge in [0.1, 0.15) is 6.04 Å². The van der Waals surface area contributed by atoms with Gasteiger partial charge in [-0.1, -0.05) is 98.9 Å². The summed E-state index contributed by atoms with van der Waals surface area (Å²) in [5, 5.41) is 4.24. The van der Waals surface area contributed by atoms with E-state index in [2.05, 4.69) is 23.5 Å². The van der Waals surface area contributed by atoms with Crippen molar-refractivity contribution in [3.8, 4) is 0 Å². The predicted octanol–water partition coefficient (Wildman–Crippen LogP) is 8.40. The molecule has 0 fully saturated rings. The summed E-state index contributed by atoms with van der Waals surface area (Å²) in [6, 6.07) is 18.9. The van der Waals surface area contributed by atoms with E-state index in [0.29, 0.717) is 35.5 Å². The maximum Gasteiger partial charge on any atom is 0.338 e. The van der Waals surface area contributed by atoms with E-state index in [1.54, 1.807) is 60.7 Å². The minimum Gasteiger partial charge on any atom is -0.462 e. The highest BCUT2D eigenvalue weighted by molar-refractivity contribution is 7.90. The smallest absolute Gasteiger partial charge is 0.338 e. The summed E-state index contributed by atoms with van der Waals surface area (Å²) in [4.78, 5) is 25.1. The van der Waals surface area contributed by atoms with Crippen molar-refractivity contribution < 1.29 is 27.5 Å². The van der Waals surface area contributed by atoms with Gasteiger partial charge in [-0.05, 0) is 67.3 Å². The van der Waals surface area contributed by atoms with Crippen molar-refractivity contribution in [1.82, 2.24) is 0 Å². The second-order valence-electron chi connectivity index (χ2n) is 10.5. The van der Waals surface area contributed by atoms with Crippen LogP contribution in [-0.4, -0.2) is 33.6 Å². The molecular weight excluding hydrogens is 564 g/mol. The number of rotatable bonds is 17. The van der Waals surface area contributed by atoms with Crippen LogP contribution in [0.5, 0.6) is 0 Å². The molecule has 9 heteroatoms. The molecule has 3 rings (SSSR count). The monoisotopic (exact) mass is 606 g/mol. The van der Waals surface area contributed by atoms with Crippen molar-refractivity contribution >= 4 is 22.0 Å². The Bertz CT molecular complexity index is 1360. The van der Waals surface area contributed by atoms with E-state index < -0.39 is 28.0 Å². The number of carbonyl (C=O) groups excluding carboxylic acids is 2. The lowest BCUT2D eigenvalue weighted by Gasteiger charge is -2.14. The highest BCUT2D eigenvalue weighted by atomic mass is 32.2. The molecule has 0 atom stereocenters. The molecule has 0 N–H and O–H groups in total. The van der Waals surface area contributed by atoms with Crippen LogP contribution in [0.3, 0.4) is 0 Å². The van der Waals surface area contributed by atoms with Gasteiger partial charge in [0.25, 0.3) is 10.0 Å². The topological polar surface area (TPSA) is 111 Å². The van der Waals surface area contributed by atoms with Crippen LogP contribution >= 0.6 is 0 Å². The molecule has 0 aliphatic rings. The van der Waals surface area contributed by atoms with Gasteiger partial charge in [-0.15, -0.1) is 0 Å². The van der Waals surface area contributed by atoms with E-state index in [0.717, 1.165) is 56.9 Å². The van der Waals surface area contributed by atoms with E-state index in [1.807, 2.05) is 6.92 Å². The van der Waals surface area contributed by atoms with Crippen molar-refractivity contribution in [2.45, 2.75) is 83.1 Å². The van der Waals surface area contributed by atoms with Crippen LogP contribution in [0.25, 0.3) is 0 Å². The van der Waals surface area contributed by atoms with Gasteiger partial charge in [-0.2, -0.15) is 13.5 Å². The molecule has 0 unspecified atom stereocenters. The fourth-order valence-corrected chi connectivity index (χ4v) is 5.14. The first-order valence-corrected chi connectivity index (χ1v) is 16.5. The van der Waals surface area contributed by atoms with E-state index in [1.165, 1.54) is 12.1 Å². The van der Waals surface area contributed by atoms with Gasteiger partial charge in [-0.3, -0.25) is 0 Å². The third-order valence-electron chi connectivity index (χ3n) is 6.98. The van der Waals surface area contributed by atoms with Crippen LogP contribution in [0, 0.1) is 6.92 Å². The Morgan fingerprint density at radius 2 is 1.09 bits per heavy atom. The molecule has 230 valence electrons. The van der Waals surface area contributed by atoms with Crippen molar-refractivity contribution in [3.63, 3.8) is 0 Å². The lowest BCUT2D eigenvalue weighted by atomic mass is 9.97. The minimum atomic E-state index is -4.06. The SMILES string of the molecule is CCCCCCOC(=O)c1ccc(C(N=NS(=O)(=O)c2ccc(C)cc2)c2ccc(C(=O)OCCCCCC)cc2)cc1.